The Labute approximate surface area is 220 Å². The third-order valence-electron chi connectivity index (χ3n) is 5.61. The van der Waals surface area contributed by atoms with Crippen molar-refractivity contribution in [3.8, 4) is 6.07 Å². The number of nitrogen functional groups attached to an aromatic ring is 1. The topological polar surface area (TPSA) is 99.6 Å². The summed E-state index contributed by atoms with van der Waals surface area (Å²) < 4.78 is 40.2. The van der Waals surface area contributed by atoms with Crippen LogP contribution in [0.5, 0.6) is 0 Å². The number of aryl methyl sites for hydroxylation is 1. The summed E-state index contributed by atoms with van der Waals surface area (Å²) in [7, 11) is 0. The fourth-order valence-electron chi connectivity index (χ4n) is 3.73. The Bertz CT molecular complexity index is 1480. The molecule has 0 aliphatic heterocycles. The van der Waals surface area contributed by atoms with Gasteiger partial charge in [-0.1, -0.05) is 53.5 Å². The molecule has 3 aromatic carbocycles. The van der Waals surface area contributed by atoms with E-state index in [2.05, 4.69) is 26.7 Å². The Morgan fingerprint density at radius 1 is 0.946 bits per heavy atom. The van der Waals surface area contributed by atoms with Gasteiger partial charge in [0.1, 0.15) is 12.0 Å². The van der Waals surface area contributed by atoms with Crippen LogP contribution in [0, 0.1) is 18.3 Å². The van der Waals surface area contributed by atoms with Crippen LogP contribution in [0.3, 0.4) is 0 Å². The maximum absolute atomic E-state index is 13.4. The van der Waals surface area contributed by atoms with Gasteiger partial charge in [-0.15, -0.1) is 0 Å². The van der Waals surface area contributed by atoms with Gasteiger partial charge < -0.3 is 16.4 Å². The van der Waals surface area contributed by atoms with Crippen molar-refractivity contribution >= 4 is 51.9 Å². The van der Waals surface area contributed by atoms with Gasteiger partial charge in [0, 0.05) is 15.7 Å². The normalized spacial score (nSPS) is 12.0. The molecule has 4 N–H and O–H groups in total. The number of hydrogen-bond acceptors (Lipinski definition) is 6. The summed E-state index contributed by atoms with van der Waals surface area (Å²) in [5.41, 5.74) is 7.79. The molecule has 1 heterocycles. The zero-order valence-electron chi connectivity index (χ0n) is 19.2. The van der Waals surface area contributed by atoms with Crippen molar-refractivity contribution in [3.63, 3.8) is 0 Å². The molecule has 6 nitrogen and oxygen atoms in total. The number of alkyl halides is 3. The van der Waals surface area contributed by atoms with Gasteiger partial charge in [0.2, 0.25) is 0 Å². The van der Waals surface area contributed by atoms with Crippen molar-refractivity contribution in [2.75, 3.05) is 16.4 Å². The van der Waals surface area contributed by atoms with Crippen LogP contribution in [0.4, 0.5) is 41.9 Å². The summed E-state index contributed by atoms with van der Waals surface area (Å²) in [6.45, 7) is 1.81. The van der Waals surface area contributed by atoms with Gasteiger partial charge in [0.25, 0.3) is 0 Å². The van der Waals surface area contributed by atoms with Crippen LogP contribution in [-0.2, 0) is 6.18 Å². The molecular weight excluding hydrogens is 524 g/mol. The van der Waals surface area contributed by atoms with Crippen molar-refractivity contribution in [2.24, 2.45) is 0 Å². The summed E-state index contributed by atoms with van der Waals surface area (Å²) in [4.78, 5) is 8.13. The summed E-state index contributed by atoms with van der Waals surface area (Å²) >= 11 is 12.5. The molecule has 0 spiro atoms. The summed E-state index contributed by atoms with van der Waals surface area (Å²) in [6, 6.07) is 17.6. The lowest BCUT2D eigenvalue weighted by Crippen LogP contribution is -2.11. The zero-order chi connectivity index (χ0) is 26.7. The Morgan fingerprint density at radius 3 is 2.19 bits per heavy atom. The molecule has 1 aromatic heterocycles. The second-order valence-corrected chi connectivity index (χ2v) is 8.92. The molecule has 0 saturated heterocycles. The van der Waals surface area contributed by atoms with E-state index in [1.807, 2.05) is 6.92 Å². The highest BCUT2D eigenvalue weighted by atomic mass is 35.5. The molecule has 0 bridgehead atoms. The number of para-hydroxylation sites is 1. The fourth-order valence-corrected chi connectivity index (χ4v) is 4.13. The van der Waals surface area contributed by atoms with E-state index in [1.165, 1.54) is 24.5 Å². The zero-order valence-corrected chi connectivity index (χ0v) is 20.7. The van der Waals surface area contributed by atoms with Gasteiger partial charge in [-0.3, -0.25) is 0 Å². The van der Waals surface area contributed by atoms with E-state index < -0.39 is 17.7 Å². The second kappa shape index (κ2) is 10.5. The largest absolute Gasteiger partial charge is 0.418 e. The molecule has 0 saturated carbocycles. The number of nitrogens with one attached hydrogen (secondary N) is 2. The van der Waals surface area contributed by atoms with Gasteiger partial charge in [0.05, 0.1) is 23.2 Å². The van der Waals surface area contributed by atoms with E-state index in [4.69, 9.17) is 28.9 Å². The fraction of sp³-hybridized carbons (Fsp3) is 0.115. The van der Waals surface area contributed by atoms with Gasteiger partial charge >= 0.3 is 6.18 Å². The molecule has 37 heavy (non-hydrogen) atoms. The molecule has 0 amide bonds. The van der Waals surface area contributed by atoms with Crippen molar-refractivity contribution < 1.29 is 13.2 Å². The van der Waals surface area contributed by atoms with Crippen molar-refractivity contribution in [2.45, 2.75) is 19.0 Å². The first-order chi connectivity index (χ1) is 17.6. The standard InChI is InChI=1S/C26H19Cl2F3N6/c1-14-10-17(18(12-32)15-6-8-16(27)9-7-15)20(28)11-22(14)37-25-23(33)24(34-13-35-25)36-21-5-3-2-4-19(21)26(29,30)31/h2-11,13,18H,33H2,1H3,(H2,34,35,36,37). The van der Waals surface area contributed by atoms with Crippen LogP contribution in [0.1, 0.15) is 28.2 Å². The first-order valence-corrected chi connectivity index (χ1v) is 11.6. The third kappa shape index (κ3) is 5.71. The average molecular weight is 543 g/mol. The van der Waals surface area contributed by atoms with E-state index in [-0.39, 0.29) is 23.0 Å². The Hall–Kier alpha value is -4.00. The van der Waals surface area contributed by atoms with Gasteiger partial charge in [0.15, 0.2) is 11.6 Å². The SMILES string of the molecule is Cc1cc(C(C#N)c2ccc(Cl)cc2)c(Cl)cc1Nc1ncnc(Nc2ccccc2C(F)(F)F)c1N. The molecule has 11 heteroatoms. The van der Waals surface area contributed by atoms with Crippen LogP contribution in [0.2, 0.25) is 10.0 Å². The lowest BCUT2D eigenvalue weighted by atomic mass is 9.91. The van der Waals surface area contributed by atoms with Crippen LogP contribution >= 0.6 is 23.2 Å². The summed E-state index contributed by atoms with van der Waals surface area (Å²) in [6.07, 6.45) is -3.38. The second-order valence-electron chi connectivity index (χ2n) is 8.08. The van der Waals surface area contributed by atoms with E-state index in [9.17, 15) is 18.4 Å². The molecular formula is C26H19Cl2F3N6. The summed E-state index contributed by atoms with van der Waals surface area (Å²) in [5, 5.41) is 16.4. The maximum Gasteiger partial charge on any atom is 0.418 e. The number of aromatic nitrogens is 2. The maximum atomic E-state index is 13.4. The van der Waals surface area contributed by atoms with Crippen LogP contribution < -0.4 is 16.4 Å². The monoisotopic (exact) mass is 542 g/mol. The van der Waals surface area contributed by atoms with E-state index in [0.29, 0.717) is 21.3 Å². The molecule has 0 radical (unpaired) electrons. The van der Waals surface area contributed by atoms with Crippen molar-refractivity contribution in [1.82, 2.24) is 9.97 Å². The van der Waals surface area contributed by atoms with Crippen molar-refractivity contribution in [1.29, 1.82) is 5.26 Å². The minimum atomic E-state index is -4.56. The molecule has 4 aromatic rings. The minimum absolute atomic E-state index is 0.00172. The molecule has 0 aliphatic rings. The van der Waals surface area contributed by atoms with Crippen molar-refractivity contribution in [3.05, 3.63) is 99.3 Å². The first-order valence-electron chi connectivity index (χ1n) is 10.8. The lowest BCUT2D eigenvalue weighted by Gasteiger charge is -2.18. The van der Waals surface area contributed by atoms with Gasteiger partial charge in [-0.2, -0.15) is 18.4 Å². The summed E-state index contributed by atoms with van der Waals surface area (Å²) in [5.74, 6) is -0.448. The minimum Gasteiger partial charge on any atom is -0.393 e. The van der Waals surface area contributed by atoms with Gasteiger partial charge in [-0.05, 0) is 53.9 Å². The van der Waals surface area contributed by atoms with E-state index >= 15 is 0 Å². The number of halogens is 5. The smallest absolute Gasteiger partial charge is 0.393 e. The average Bonchev–Trinajstić information content (AvgIpc) is 2.85. The Kier molecular flexibility index (Phi) is 7.43. The Balaban J connectivity index is 1.63. The third-order valence-corrected chi connectivity index (χ3v) is 6.19. The highest BCUT2D eigenvalue weighted by Gasteiger charge is 2.33. The van der Waals surface area contributed by atoms with Gasteiger partial charge in [-0.25, -0.2) is 9.97 Å². The molecule has 1 atom stereocenters. The highest BCUT2D eigenvalue weighted by molar-refractivity contribution is 6.32. The molecule has 188 valence electrons. The first kappa shape index (κ1) is 26.1. The van der Waals surface area contributed by atoms with E-state index in [1.54, 1.807) is 36.4 Å². The number of rotatable bonds is 6. The number of nitrogens with zero attached hydrogens (tertiary/aromatic N) is 3. The molecule has 0 aliphatic carbocycles. The number of nitriles is 1. The molecule has 4 rings (SSSR count). The quantitative estimate of drug-likeness (QED) is 0.229. The Morgan fingerprint density at radius 2 is 1.57 bits per heavy atom. The number of anilines is 5. The van der Waals surface area contributed by atoms with Crippen LogP contribution in [0.25, 0.3) is 0 Å². The lowest BCUT2D eigenvalue weighted by molar-refractivity contribution is -0.136. The number of benzene rings is 3. The molecule has 0 fully saturated rings. The predicted octanol–water partition coefficient (Wildman–Crippen LogP) is 7.84. The highest BCUT2D eigenvalue weighted by Crippen LogP contribution is 2.38. The van der Waals surface area contributed by atoms with Crippen LogP contribution in [-0.4, -0.2) is 9.97 Å². The number of nitrogens with two attached hydrogens (primary N) is 1. The van der Waals surface area contributed by atoms with E-state index in [0.717, 1.165) is 17.2 Å². The van der Waals surface area contributed by atoms with Crippen LogP contribution in [0.15, 0.2) is 67.0 Å². The predicted molar refractivity (Wildman–Crippen MR) is 140 cm³/mol. The number of hydrogen-bond donors (Lipinski definition) is 3. The molecule has 1 unspecified atom stereocenters.